The highest BCUT2D eigenvalue weighted by atomic mass is 35.5. The summed E-state index contributed by atoms with van der Waals surface area (Å²) in [7, 11) is 2.13. The second kappa shape index (κ2) is 7.14. The van der Waals surface area contributed by atoms with E-state index in [4.69, 9.17) is 11.6 Å². The molecule has 1 atom stereocenters. The van der Waals surface area contributed by atoms with Crippen molar-refractivity contribution in [3.63, 3.8) is 0 Å². The van der Waals surface area contributed by atoms with Gasteiger partial charge in [0.2, 0.25) is 5.91 Å². The van der Waals surface area contributed by atoms with Crippen LogP contribution in [0, 0.1) is 0 Å². The Kier molecular flexibility index (Phi) is 4.70. The number of carbonyl (C=O) groups excluding carboxylic acids is 1. The summed E-state index contributed by atoms with van der Waals surface area (Å²) in [5, 5.41) is 1.72. The second-order valence-corrected chi connectivity index (χ2v) is 7.36. The van der Waals surface area contributed by atoms with Crippen molar-refractivity contribution in [2.24, 2.45) is 0 Å². The second-order valence-electron chi connectivity index (χ2n) is 6.93. The third-order valence-corrected chi connectivity index (χ3v) is 5.49. The van der Waals surface area contributed by atoms with Crippen molar-refractivity contribution in [1.29, 1.82) is 0 Å². The van der Waals surface area contributed by atoms with Crippen LogP contribution in [-0.2, 0) is 11.2 Å². The summed E-state index contributed by atoms with van der Waals surface area (Å²) in [5.41, 5.74) is 3.27. The van der Waals surface area contributed by atoms with E-state index in [-0.39, 0.29) is 11.9 Å². The van der Waals surface area contributed by atoms with E-state index >= 15 is 0 Å². The van der Waals surface area contributed by atoms with Gasteiger partial charge in [-0.15, -0.1) is 0 Å². The Bertz CT molecular complexity index is 921. The van der Waals surface area contributed by atoms with Crippen molar-refractivity contribution in [2.45, 2.75) is 12.5 Å². The number of fused-ring (bicyclic) bond motifs is 1. The van der Waals surface area contributed by atoms with E-state index in [0.717, 1.165) is 36.1 Å². The van der Waals surface area contributed by atoms with Gasteiger partial charge in [-0.05, 0) is 36.4 Å². The lowest BCUT2D eigenvalue weighted by Crippen LogP contribution is -2.49. The number of piperazine rings is 1. The van der Waals surface area contributed by atoms with Crippen LogP contribution in [0.15, 0.2) is 54.7 Å². The smallest absolute Gasteiger partial charge is 0.227 e. The summed E-state index contributed by atoms with van der Waals surface area (Å²) in [6.45, 7) is 2.37. The molecule has 0 aliphatic carbocycles. The molecule has 134 valence electrons. The molecule has 1 aliphatic heterocycles. The molecule has 1 N–H and O–H groups in total. The lowest BCUT2D eigenvalue weighted by atomic mass is 10.0. The molecule has 0 radical (unpaired) electrons. The number of aromatic nitrogens is 1. The molecular formula is C21H22ClN3O. The van der Waals surface area contributed by atoms with Gasteiger partial charge in [-0.1, -0.05) is 41.9 Å². The fourth-order valence-corrected chi connectivity index (χ4v) is 3.88. The quantitative estimate of drug-likeness (QED) is 0.763. The van der Waals surface area contributed by atoms with Crippen LogP contribution < -0.4 is 0 Å². The normalized spacial score (nSPS) is 18.4. The first-order valence-corrected chi connectivity index (χ1v) is 9.28. The molecule has 0 saturated carbocycles. The molecule has 1 saturated heterocycles. The summed E-state index contributed by atoms with van der Waals surface area (Å²) in [6, 6.07) is 16.4. The predicted octanol–water partition coefficient (Wildman–Crippen LogP) is 3.88. The minimum absolute atomic E-state index is 0.167. The average Bonchev–Trinajstić information content (AvgIpc) is 3.04. The number of carbonyl (C=O) groups is 1. The summed E-state index contributed by atoms with van der Waals surface area (Å²) >= 11 is 6.12. The van der Waals surface area contributed by atoms with Gasteiger partial charge in [-0.3, -0.25) is 9.69 Å². The molecule has 1 fully saturated rings. The molecule has 3 aromatic rings. The van der Waals surface area contributed by atoms with Gasteiger partial charge in [0.15, 0.2) is 0 Å². The first kappa shape index (κ1) is 17.1. The molecule has 0 bridgehead atoms. The molecule has 5 heteroatoms. The maximum Gasteiger partial charge on any atom is 0.227 e. The highest BCUT2D eigenvalue weighted by Gasteiger charge is 2.28. The van der Waals surface area contributed by atoms with Crippen molar-refractivity contribution in [2.75, 3.05) is 26.7 Å². The fourth-order valence-electron chi connectivity index (χ4n) is 3.71. The van der Waals surface area contributed by atoms with Gasteiger partial charge in [-0.25, -0.2) is 0 Å². The number of halogens is 1. The monoisotopic (exact) mass is 367 g/mol. The van der Waals surface area contributed by atoms with Gasteiger partial charge in [0, 0.05) is 41.8 Å². The van der Waals surface area contributed by atoms with E-state index in [0.29, 0.717) is 11.4 Å². The van der Waals surface area contributed by atoms with Crippen molar-refractivity contribution >= 4 is 28.4 Å². The Balaban J connectivity index is 1.51. The molecule has 1 aromatic heterocycles. The lowest BCUT2D eigenvalue weighted by Gasteiger charge is -2.39. The molecule has 1 unspecified atom stereocenters. The van der Waals surface area contributed by atoms with E-state index in [1.165, 1.54) is 5.56 Å². The Morgan fingerprint density at radius 3 is 2.81 bits per heavy atom. The van der Waals surface area contributed by atoms with E-state index in [1.54, 1.807) is 0 Å². The van der Waals surface area contributed by atoms with Crippen LogP contribution >= 0.6 is 11.6 Å². The topological polar surface area (TPSA) is 39.3 Å². The maximum absolute atomic E-state index is 12.9. The number of H-pyrrole nitrogens is 1. The number of rotatable bonds is 3. The molecule has 26 heavy (non-hydrogen) atoms. The maximum atomic E-state index is 12.9. The number of likely N-dealkylation sites (N-methyl/N-ethyl adjacent to an activating group) is 1. The van der Waals surface area contributed by atoms with Crippen molar-refractivity contribution < 1.29 is 4.79 Å². The minimum Gasteiger partial charge on any atom is -0.361 e. The summed E-state index contributed by atoms with van der Waals surface area (Å²) in [4.78, 5) is 20.5. The van der Waals surface area contributed by atoms with E-state index in [1.807, 2.05) is 35.4 Å². The Morgan fingerprint density at radius 1 is 1.19 bits per heavy atom. The number of nitrogens with zero attached hydrogens (tertiary/aromatic N) is 2. The zero-order valence-corrected chi connectivity index (χ0v) is 15.5. The fraction of sp³-hybridized carbons (Fsp3) is 0.286. The van der Waals surface area contributed by atoms with Crippen LogP contribution in [0.1, 0.15) is 17.2 Å². The third-order valence-electron chi connectivity index (χ3n) is 5.26. The molecule has 4 rings (SSSR count). The van der Waals surface area contributed by atoms with Gasteiger partial charge in [-0.2, -0.15) is 0 Å². The summed E-state index contributed by atoms with van der Waals surface area (Å²) < 4.78 is 0. The first-order chi connectivity index (χ1) is 12.6. The lowest BCUT2D eigenvalue weighted by molar-refractivity contribution is -0.133. The van der Waals surface area contributed by atoms with Crippen LogP contribution in [-0.4, -0.2) is 47.4 Å². The standard InChI is InChI=1S/C21H22ClN3O/c1-24-9-10-25(14-20(24)15-5-3-2-4-6-15)21(26)11-16-13-23-19-8-7-17(22)12-18(16)19/h2-8,12-13,20,23H,9-11,14H2,1H3. The zero-order valence-electron chi connectivity index (χ0n) is 14.8. The highest BCUT2D eigenvalue weighted by molar-refractivity contribution is 6.31. The van der Waals surface area contributed by atoms with Gasteiger partial charge in [0.1, 0.15) is 0 Å². The number of benzene rings is 2. The number of nitrogens with one attached hydrogen (secondary N) is 1. The van der Waals surface area contributed by atoms with E-state index in [2.05, 4.69) is 41.2 Å². The average molecular weight is 368 g/mol. The number of amides is 1. The molecule has 1 amide bonds. The molecule has 1 aliphatic rings. The van der Waals surface area contributed by atoms with Crippen molar-refractivity contribution in [3.05, 3.63) is 70.9 Å². The van der Waals surface area contributed by atoms with Crippen LogP contribution in [0.5, 0.6) is 0 Å². The number of hydrogen-bond donors (Lipinski definition) is 1. The molecule has 2 aromatic carbocycles. The summed E-state index contributed by atoms with van der Waals surface area (Å²) in [5.74, 6) is 0.167. The van der Waals surface area contributed by atoms with Crippen molar-refractivity contribution in [3.8, 4) is 0 Å². The zero-order chi connectivity index (χ0) is 18.1. The van der Waals surface area contributed by atoms with Gasteiger partial charge in [0.25, 0.3) is 0 Å². The molecule has 2 heterocycles. The first-order valence-electron chi connectivity index (χ1n) is 8.90. The van der Waals surface area contributed by atoms with Gasteiger partial charge < -0.3 is 9.88 Å². The van der Waals surface area contributed by atoms with Crippen LogP contribution in [0.2, 0.25) is 5.02 Å². The Labute approximate surface area is 158 Å². The van der Waals surface area contributed by atoms with Gasteiger partial charge in [0.05, 0.1) is 12.5 Å². The van der Waals surface area contributed by atoms with E-state index < -0.39 is 0 Å². The highest BCUT2D eigenvalue weighted by Crippen LogP contribution is 2.26. The van der Waals surface area contributed by atoms with Crippen LogP contribution in [0.25, 0.3) is 10.9 Å². The van der Waals surface area contributed by atoms with Gasteiger partial charge >= 0.3 is 0 Å². The molecular weight excluding hydrogens is 346 g/mol. The SMILES string of the molecule is CN1CCN(C(=O)Cc2c[nH]c3ccc(Cl)cc23)CC1c1ccccc1. The molecule has 4 nitrogen and oxygen atoms in total. The van der Waals surface area contributed by atoms with Crippen LogP contribution in [0.3, 0.4) is 0 Å². The number of hydrogen-bond acceptors (Lipinski definition) is 2. The molecule has 0 spiro atoms. The van der Waals surface area contributed by atoms with Crippen molar-refractivity contribution in [1.82, 2.24) is 14.8 Å². The number of aromatic amines is 1. The predicted molar refractivity (Wildman–Crippen MR) is 105 cm³/mol. The van der Waals surface area contributed by atoms with Crippen LogP contribution in [0.4, 0.5) is 0 Å². The minimum atomic E-state index is 0.167. The Morgan fingerprint density at radius 2 is 2.00 bits per heavy atom. The van der Waals surface area contributed by atoms with E-state index in [9.17, 15) is 4.79 Å². The Hall–Kier alpha value is -2.30. The third kappa shape index (κ3) is 3.35. The largest absolute Gasteiger partial charge is 0.361 e. The summed E-state index contributed by atoms with van der Waals surface area (Å²) in [6.07, 6.45) is 2.31.